The van der Waals surface area contributed by atoms with Crippen LogP contribution in [-0.2, 0) is 14.8 Å². The average Bonchev–Trinajstić information content (AvgIpc) is 1.80. The molecule has 0 aliphatic heterocycles. The summed E-state index contributed by atoms with van der Waals surface area (Å²) in [5.41, 5.74) is 0. The van der Waals surface area contributed by atoms with Gasteiger partial charge in [0.1, 0.15) is 6.04 Å². The van der Waals surface area contributed by atoms with Gasteiger partial charge in [0.05, 0.1) is 12.9 Å². The number of nitrogens with one attached hydrogen (secondary N) is 1. The summed E-state index contributed by atoms with van der Waals surface area (Å²) in [5, 5.41) is 16.6. The third-order valence-electron chi connectivity index (χ3n) is 0.837. The van der Waals surface area contributed by atoms with Gasteiger partial charge in [-0.15, -0.1) is 0 Å². The average molecular weight is 183 g/mol. The fourth-order valence-corrected chi connectivity index (χ4v) is 1.12. The normalized spacial score (nSPS) is 14.4. The second-order valence-electron chi connectivity index (χ2n) is 1.96. The summed E-state index contributed by atoms with van der Waals surface area (Å²) in [6.07, 6.45) is 0.818. The van der Waals surface area contributed by atoms with Gasteiger partial charge in [0.2, 0.25) is 10.0 Å². The molecular weight excluding hydrogens is 174 g/mol. The van der Waals surface area contributed by atoms with Crippen molar-refractivity contribution in [2.75, 3.05) is 12.9 Å². The standard InChI is InChI=1S/C4H9NO5S/c1-11(9,10)5-3(2-6)4(7)8/h3,5-6H,2H2,1H3,(H,7,8)/t3-/m0/s1. The van der Waals surface area contributed by atoms with Gasteiger partial charge < -0.3 is 10.2 Å². The molecule has 0 unspecified atom stereocenters. The molecule has 3 N–H and O–H groups in total. The third-order valence-corrected chi connectivity index (χ3v) is 1.55. The van der Waals surface area contributed by atoms with Crippen LogP contribution in [0, 0.1) is 0 Å². The second-order valence-corrected chi connectivity index (χ2v) is 3.74. The molecule has 0 bridgehead atoms. The van der Waals surface area contributed by atoms with Gasteiger partial charge >= 0.3 is 5.97 Å². The molecule has 0 fully saturated rings. The highest BCUT2D eigenvalue weighted by molar-refractivity contribution is 7.88. The molecule has 11 heavy (non-hydrogen) atoms. The molecule has 0 spiro atoms. The van der Waals surface area contributed by atoms with Gasteiger partial charge in [0.25, 0.3) is 0 Å². The molecule has 0 aromatic heterocycles. The fraction of sp³-hybridized carbons (Fsp3) is 0.750. The molecule has 1 atom stereocenters. The Bertz CT molecular complexity index is 233. The number of hydrogen-bond acceptors (Lipinski definition) is 4. The monoisotopic (exact) mass is 183 g/mol. The van der Waals surface area contributed by atoms with Crippen LogP contribution in [-0.4, -0.2) is 43.5 Å². The Morgan fingerprint density at radius 2 is 2.09 bits per heavy atom. The van der Waals surface area contributed by atoms with Crippen LogP contribution in [0.5, 0.6) is 0 Å². The predicted octanol–water partition coefficient (Wildman–Crippen LogP) is -2.02. The van der Waals surface area contributed by atoms with Crippen molar-refractivity contribution in [2.45, 2.75) is 6.04 Å². The van der Waals surface area contributed by atoms with Crippen molar-refractivity contribution in [3.05, 3.63) is 0 Å². The summed E-state index contributed by atoms with van der Waals surface area (Å²) in [5.74, 6) is -1.40. The molecule has 0 saturated carbocycles. The first-order chi connectivity index (χ1) is 4.87. The van der Waals surface area contributed by atoms with Crippen LogP contribution in [0.25, 0.3) is 0 Å². The number of aliphatic carboxylic acids is 1. The number of rotatable bonds is 4. The Morgan fingerprint density at radius 3 is 2.18 bits per heavy atom. The van der Waals surface area contributed by atoms with E-state index in [-0.39, 0.29) is 0 Å². The van der Waals surface area contributed by atoms with Crippen LogP contribution < -0.4 is 4.72 Å². The lowest BCUT2D eigenvalue weighted by atomic mass is 10.3. The first kappa shape index (κ1) is 10.3. The number of aliphatic hydroxyl groups is 1. The van der Waals surface area contributed by atoms with Crippen molar-refractivity contribution in [3.8, 4) is 0 Å². The van der Waals surface area contributed by atoms with Gasteiger partial charge in [0, 0.05) is 0 Å². The molecular formula is C4H9NO5S. The first-order valence-corrected chi connectivity index (χ1v) is 4.57. The molecule has 66 valence electrons. The summed E-state index contributed by atoms with van der Waals surface area (Å²) < 4.78 is 22.6. The molecule has 0 radical (unpaired) electrons. The predicted molar refractivity (Wildman–Crippen MR) is 36.5 cm³/mol. The number of aliphatic hydroxyl groups excluding tert-OH is 1. The van der Waals surface area contributed by atoms with E-state index in [1.807, 2.05) is 0 Å². The van der Waals surface area contributed by atoms with E-state index < -0.39 is 28.6 Å². The number of hydrogen-bond donors (Lipinski definition) is 3. The summed E-state index contributed by atoms with van der Waals surface area (Å²) in [6.45, 7) is -0.762. The minimum Gasteiger partial charge on any atom is -0.480 e. The summed E-state index contributed by atoms with van der Waals surface area (Å²) in [7, 11) is -3.57. The Morgan fingerprint density at radius 1 is 1.64 bits per heavy atom. The molecule has 0 aliphatic carbocycles. The highest BCUT2D eigenvalue weighted by atomic mass is 32.2. The number of carbonyl (C=O) groups is 1. The SMILES string of the molecule is CS(=O)(=O)N[C@@H](CO)C(=O)O. The fourth-order valence-electron chi connectivity index (χ4n) is 0.424. The van der Waals surface area contributed by atoms with E-state index in [4.69, 9.17) is 10.2 Å². The largest absolute Gasteiger partial charge is 0.480 e. The van der Waals surface area contributed by atoms with E-state index in [1.54, 1.807) is 4.72 Å². The Balaban J connectivity index is 4.22. The van der Waals surface area contributed by atoms with Crippen molar-refractivity contribution < 1.29 is 23.4 Å². The van der Waals surface area contributed by atoms with Crippen molar-refractivity contribution in [2.24, 2.45) is 0 Å². The maximum atomic E-state index is 10.4. The van der Waals surface area contributed by atoms with Gasteiger partial charge in [-0.25, -0.2) is 8.42 Å². The highest BCUT2D eigenvalue weighted by Gasteiger charge is 2.19. The zero-order valence-electron chi connectivity index (χ0n) is 5.81. The molecule has 0 aromatic carbocycles. The summed E-state index contributed by atoms with van der Waals surface area (Å²) in [6, 6.07) is -1.45. The Hall–Kier alpha value is -0.660. The lowest BCUT2D eigenvalue weighted by Crippen LogP contribution is -2.42. The molecule has 0 heterocycles. The van der Waals surface area contributed by atoms with Crippen molar-refractivity contribution >= 4 is 16.0 Å². The lowest BCUT2D eigenvalue weighted by molar-refractivity contribution is -0.139. The molecule has 0 amide bonds. The van der Waals surface area contributed by atoms with Gasteiger partial charge in [-0.3, -0.25) is 4.79 Å². The minimum atomic E-state index is -3.57. The maximum absolute atomic E-state index is 10.4. The van der Waals surface area contributed by atoms with Gasteiger partial charge in [0.15, 0.2) is 0 Å². The highest BCUT2D eigenvalue weighted by Crippen LogP contribution is 1.85. The second kappa shape index (κ2) is 3.65. The number of sulfonamides is 1. The molecule has 7 heteroatoms. The molecule has 0 saturated heterocycles. The lowest BCUT2D eigenvalue weighted by Gasteiger charge is -2.08. The van der Waals surface area contributed by atoms with Crippen molar-refractivity contribution in [1.82, 2.24) is 4.72 Å². The zero-order valence-corrected chi connectivity index (χ0v) is 6.63. The Labute approximate surface area is 63.9 Å². The third kappa shape index (κ3) is 4.71. The van der Waals surface area contributed by atoms with E-state index >= 15 is 0 Å². The smallest absolute Gasteiger partial charge is 0.324 e. The van der Waals surface area contributed by atoms with Crippen LogP contribution >= 0.6 is 0 Å². The van der Waals surface area contributed by atoms with Crippen molar-refractivity contribution in [1.29, 1.82) is 0 Å². The molecule has 0 rings (SSSR count). The summed E-state index contributed by atoms with van der Waals surface area (Å²) >= 11 is 0. The van der Waals surface area contributed by atoms with E-state index in [1.165, 1.54) is 0 Å². The molecule has 0 aliphatic rings. The van der Waals surface area contributed by atoms with Gasteiger partial charge in [-0.2, -0.15) is 4.72 Å². The Kier molecular flexibility index (Phi) is 3.43. The number of carboxylic acid groups (broad SMARTS) is 1. The minimum absolute atomic E-state index is 0.762. The van der Waals surface area contributed by atoms with Crippen LogP contribution in [0.4, 0.5) is 0 Å². The van der Waals surface area contributed by atoms with Crippen LogP contribution in [0.2, 0.25) is 0 Å². The zero-order chi connectivity index (χ0) is 9.07. The van der Waals surface area contributed by atoms with Gasteiger partial charge in [-0.05, 0) is 0 Å². The van der Waals surface area contributed by atoms with Crippen LogP contribution in [0.1, 0.15) is 0 Å². The van der Waals surface area contributed by atoms with E-state index in [2.05, 4.69) is 0 Å². The van der Waals surface area contributed by atoms with Gasteiger partial charge in [-0.1, -0.05) is 0 Å². The summed E-state index contributed by atoms with van der Waals surface area (Å²) in [4.78, 5) is 10.1. The molecule has 0 aromatic rings. The van der Waals surface area contributed by atoms with Crippen LogP contribution in [0.15, 0.2) is 0 Å². The van der Waals surface area contributed by atoms with E-state index in [0.29, 0.717) is 0 Å². The van der Waals surface area contributed by atoms with E-state index in [9.17, 15) is 13.2 Å². The first-order valence-electron chi connectivity index (χ1n) is 2.68. The van der Waals surface area contributed by atoms with Crippen molar-refractivity contribution in [3.63, 3.8) is 0 Å². The maximum Gasteiger partial charge on any atom is 0.324 e. The van der Waals surface area contributed by atoms with Crippen LogP contribution in [0.3, 0.4) is 0 Å². The molecule has 6 nitrogen and oxygen atoms in total. The number of carboxylic acids is 1. The quantitative estimate of drug-likeness (QED) is 0.467. The topological polar surface area (TPSA) is 104 Å². The van der Waals surface area contributed by atoms with E-state index in [0.717, 1.165) is 6.26 Å².